The van der Waals surface area contributed by atoms with Gasteiger partial charge in [0.2, 0.25) is 0 Å². The van der Waals surface area contributed by atoms with E-state index in [0.29, 0.717) is 12.0 Å². The molecule has 0 spiro atoms. The lowest BCUT2D eigenvalue weighted by Crippen LogP contribution is -2.32. The topological polar surface area (TPSA) is 85.8 Å². The fraction of sp³-hybridized carbons (Fsp3) is 0.533. The molecule has 0 fully saturated rings. The van der Waals surface area contributed by atoms with Crippen molar-refractivity contribution >= 4 is 11.5 Å². The Morgan fingerprint density at radius 3 is 2.87 bits per heavy atom. The summed E-state index contributed by atoms with van der Waals surface area (Å²) in [6.45, 7) is 6.92. The monoisotopic (exact) mass is 312 g/mol. The number of hydrogen-bond acceptors (Lipinski definition) is 6. The van der Waals surface area contributed by atoms with Crippen molar-refractivity contribution in [3.05, 3.63) is 29.6 Å². The summed E-state index contributed by atoms with van der Waals surface area (Å²) >= 11 is 0. The molecule has 8 nitrogen and oxygen atoms in total. The van der Waals surface area contributed by atoms with Crippen LogP contribution >= 0.6 is 0 Å². The lowest BCUT2D eigenvalue weighted by atomic mass is 10.1. The van der Waals surface area contributed by atoms with E-state index in [1.165, 1.54) is 0 Å². The largest absolute Gasteiger partial charge is 0.364 e. The smallest absolute Gasteiger partial charge is 0.176 e. The Bertz CT molecular complexity index is 846. The van der Waals surface area contributed by atoms with Crippen LogP contribution in [0.1, 0.15) is 43.7 Å². The van der Waals surface area contributed by atoms with Crippen molar-refractivity contribution in [3.63, 3.8) is 0 Å². The average Bonchev–Trinajstić information content (AvgIpc) is 3.08. The van der Waals surface area contributed by atoms with Gasteiger partial charge in [0.1, 0.15) is 17.5 Å². The Balaban J connectivity index is 1.52. The van der Waals surface area contributed by atoms with Crippen LogP contribution in [0.2, 0.25) is 0 Å². The number of aryl methyl sites for hydroxylation is 2. The molecule has 0 saturated carbocycles. The van der Waals surface area contributed by atoms with E-state index in [4.69, 9.17) is 0 Å². The number of rotatable bonds is 3. The highest BCUT2D eigenvalue weighted by Crippen LogP contribution is 2.19. The van der Waals surface area contributed by atoms with E-state index in [-0.39, 0.29) is 0 Å². The van der Waals surface area contributed by atoms with Crippen molar-refractivity contribution in [3.8, 4) is 0 Å². The second-order valence-corrected chi connectivity index (χ2v) is 6.33. The van der Waals surface area contributed by atoms with Gasteiger partial charge in [0.05, 0.1) is 6.54 Å². The molecular formula is C15H20N8. The molecule has 1 unspecified atom stereocenters. The fourth-order valence-electron chi connectivity index (χ4n) is 2.86. The van der Waals surface area contributed by atoms with Gasteiger partial charge in [-0.25, -0.2) is 14.6 Å². The zero-order chi connectivity index (χ0) is 16.0. The van der Waals surface area contributed by atoms with E-state index in [1.807, 2.05) is 23.7 Å². The SMILES string of the molecule is Cc1nc2ccc(NC3CCc4nc(C(C)C)nn4C3)nn2n1. The molecule has 0 amide bonds. The standard InChI is InChI=1S/C15H20N8/c1-9(2)15-18-13-6-4-11(8-22(13)21-15)17-12-5-7-14-16-10(3)19-23(14)20-12/h5,7,9,11H,4,6,8H2,1-3H3,(H,17,20). The van der Waals surface area contributed by atoms with Crippen LogP contribution in [0.15, 0.2) is 12.1 Å². The first-order chi connectivity index (χ1) is 11.1. The van der Waals surface area contributed by atoms with Gasteiger partial charge in [0.25, 0.3) is 0 Å². The summed E-state index contributed by atoms with van der Waals surface area (Å²) in [4.78, 5) is 8.91. The predicted octanol–water partition coefficient (Wildman–Crippen LogP) is 1.57. The maximum absolute atomic E-state index is 4.62. The molecule has 23 heavy (non-hydrogen) atoms. The van der Waals surface area contributed by atoms with Crippen molar-refractivity contribution in [2.45, 2.75) is 52.1 Å². The summed E-state index contributed by atoms with van der Waals surface area (Å²) in [5, 5.41) is 16.8. The van der Waals surface area contributed by atoms with E-state index in [1.54, 1.807) is 4.63 Å². The molecule has 1 aliphatic heterocycles. The molecule has 0 saturated heterocycles. The van der Waals surface area contributed by atoms with Gasteiger partial charge in [-0.1, -0.05) is 13.8 Å². The van der Waals surface area contributed by atoms with Crippen molar-refractivity contribution in [2.75, 3.05) is 5.32 Å². The Kier molecular flexibility index (Phi) is 3.24. The molecule has 120 valence electrons. The van der Waals surface area contributed by atoms with Crippen molar-refractivity contribution < 1.29 is 0 Å². The molecule has 3 aromatic heterocycles. The number of anilines is 1. The third kappa shape index (κ3) is 2.64. The fourth-order valence-corrected chi connectivity index (χ4v) is 2.86. The van der Waals surface area contributed by atoms with Gasteiger partial charge in [-0.15, -0.1) is 14.8 Å². The summed E-state index contributed by atoms with van der Waals surface area (Å²) < 4.78 is 3.59. The van der Waals surface area contributed by atoms with E-state index in [2.05, 4.69) is 44.4 Å². The van der Waals surface area contributed by atoms with Gasteiger partial charge >= 0.3 is 0 Å². The Hall–Kier alpha value is -2.51. The maximum atomic E-state index is 4.62. The van der Waals surface area contributed by atoms with Gasteiger partial charge in [-0.2, -0.15) is 5.10 Å². The van der Waals surface area contributed by atoms with Crippen LogP contribution in [0.3, 0.4) is 0 Å². The number of aromatic nitrogens is 7. The van der Waals surface area contributed by atoms with Crippen LogP contribution in [0.25, 0.3) is 5.65 Å². The lowest BCUT2D eigenvalue weighted by Gasteiger charge is -2.23. The highest BCUT2D eigenvalue weighted by molar-refractivity contribution is 5.43. The number of hydrogen-bond donors (Lipinski definition) is 1. The van der Waals surface area contributed by atoms with Gasteiger partial charge < -0.3 is 5.32 Å². The first-order valence-electron chi connectivity index (χ1n) is 7.99. The van der Waals surface area contributed by atoms with Gasteiger partial charge in [-0.3, -0.25) is 0 Å². The third-order valence-corrected chi connectivity index (χ3v) is 4.06. The van der Waals surface area contributed by atoms with Crippen molar-refractivity contribution in [1.82, 2.24) is 34.6 Å². The second-order valence-electron chi connectivity index (χ2n) is 6.33. The Labute approximate surface area is 133 Å². The molecule has 3 aromatic rings. The van der Waals surface area contributed by atoms with Crippen LogP contribution in [-0.2, 0) is 13.0 Å². The van der Waals surface area contributed by atoms with Gasteiger partial charge in [0, 0.05) is 18.4 Å². The summed E-state index contributed by atoms with van der Waals surface area (Å²) in [6, 6.07) is 4.16. The lowest BCUT2D eigenvalue weighted by molar-refractivity contribution is 0.438. The van der Waals surface area contributed by atoms with Crippen LogP contribution in [0.5, 0.6) is 0 Å². The molecular weight excluding hydrogens is 292 g/mol. The molecule has 1 atom stereocenters. The zero-order valence-electron chi connectivity index (χ0n) is 13.6. The molecule has 0 aromatic carbocycles. The number of fused-ring (bicyclic) bond motifs is 2. The summed E-state index contributed by atoms with van der Waals surface area (Å²) in [5.41, 5.74) is 0.761. The molecule has 0 radical (unpaired) electrons. The van der Waals surface area contributed by atoms with Gasteiger partial charge in [0.15, 0.2) is 11.5 Å². The second kappa shape index (κ2) is 5.29. The van der Waals surface area contributed by atoms with Crippen LogP contribution in [0.4, 0.5) is 5.82 Å². The number of nitrogens with one attached hydrogen (secondary N) is 1. The highest BCUT2D eigenvalue weighted by atomic mass is 15.5. The van der Waals surface area contributed by atoms with Crippen LogP contribution in [0, 0.1) is 6.92 Å². The van der Waals surface area contributed by atoms with E-state index < -0.39 is 0 Å². The van der Waals surface area contributed by atoms with Crippen molar-refractivity contribution in [1.29, 1.82) is 0 Å². The minimum Gasteiger partial charge on any atom is -0.364 e. The molecule has 0 aliphatic carbocycles. The highest BCUT2D eigenvalue weighted by Gasteiger charge is 2.22. The first kappa shape index (κ1) is 14.1. The minimum atomic E-state index is 0.291. The van der Waals surface area contributed by atoms with Crippen LogP contribution in [-0.4, -0.2) is 40.6 Å². The number of nitrogens with zero attached hydrogens (tertiary/aromatic N) is 7. The van der Waals surface area contributed by atoms with Crippen LogP contribution < -0.4 is 5.32 Å². The van der Waals surface area contributed by atoms with Gasteiger partial charge in [-0.05, 0) is 25.5 Å². The maximum Gasteiger partial charge on any atom is 0.176 e. The summed E-state index contributed by atoms with van der Waals surface area (Å²) in [7, 11) is 0. The summed E-state index contributed by atoms with van der Waals surface area (Å²) in [5.74, 6) is 3.90. The summed E-state index contributed by atoms with van der Waals surface area (Å²) in [6.07, 6.45) is 1.95. The Morgan fingerprint density at radius 1 is 1.17 bits per heavy atom. The molecule has 4 heterocycles. The quantitative estimate of drug-likeness (QED) is 0.790. The zero-order valence-corrected chi connectivity index (χ0v) is 13.6. The van der Waals surface area contributed by atoms with E-state index >= 15 is 0 Å². The van der Waals surface area contributed by atoms with Crippen molar-refractivity contribution in [2.24, 2.45) is 0 Å². The molecule has 4 rings (SSSR count). The first-order valence-corrected chi connectivity index (χ1v) is 7.99. The molecule has 1 aliphatic rings. The molecule has 1 N–H and O–H groups in total. The molecule has 8 heteroatoms. The van der Waals surface area contributed by atoms with E-state index in [0.717, 1.165) is 48.3 Å². The third-order valence-electron chi connectivity index (χ3n) is 4.06. The minimum absolute atomic E-state index is 0.291. The van der Waals surface area contributed by atoms with E-state index in [9.17, 15) is 0 Å². The molecule has 0 bridgehead atoms. The average molecular weight is 312 g/mol. The normalized spacial score (nSPS) is 17.7. The Morgan fingerprint density at radius 2 is 2.04 bits per heavy atom. The predicted molar refractivity (Wildman–Crippen MR) is 85.4 cm³/mol.